The van der Waals surface area contributed by atoms with Crippen LogP contribution in [0.3, 0.4) is 0 Å². The van der Waals surface area contributed by atoms with Gasteiger partial charge in [0, 0.05) is 32.7 Å². The first-order valence-electron chi connectivity index (χ1n) is 8.24. The molecule has 0 aromatic carbocycles. The number of hydrogen-bond donors (Lipinski definition) is 2. The van der Waals surface area contributed by atoms with E-state index in [0.717, 1.165) is 58.2 Å². The quantitative estimate of drug-likeness (QED) is 0.736. The maximum absolute atomic E-state index is 12.4. The molecule has 0 spiro atoms. The first kappa shape index (κ1) is 16.1. The summed E-state index contributed by atoms with van der Waals surface area (Å²) in [7, 11) is 0. The van der Waals surface area contributed by atoms with Gasteiger partial charge in [0.15, 0.2) is 0 Å². The average Bonchev–Trinajstić information content (AvgIpc) is 3.05. The maximum atomic E-state index is 12.4. The summed E-state index contributed by atoms with van der Waals surface area (Å²) < 4.78 is 0. The number of unbranched alkanes of at least 4 members (excludes halogenated alkanes) is 1. The van der Waals surface area contributed by atoms with E-state index in [2.05, 4.69) is 5.32 Å². The Morgan fingerprint density at radius 3 is 2.48 bits per heavy atom. The number of nitrogens with two attached hydrogens (primary N) is 1. The third kappa shape index (κ3) is 4.59. The van der Waals surface area contributed by atoms with Crippen LogP contribution in [-0.4, -0.2) is 61.0 Å². The van der Waals surface area contributed by atoms with Gasteiger partial charge in [-0.25, -0.2) is 4.79 Å². The molecular formula is C15H28N4O2. The zero-order chi connectivity index (χ0) is 15.1. The molecule has 1 unspecified atom stereocenters. The SMILES string of the molecule is NCCCCNC(=O)C1CCCN(C(=O)N2CCCC2)C1. The number of rotatable bonds is 5. The van der Waals surface area contributed by atoms with Gasteiger partial charge in [-0.15, -0.1) is 0 Å². The van der Waals surface area contributed by atoms with Crippen molar-refractivity contribution in [1.82, 2.24) is 15.1 Å². The van der Waals surface area contributed by atoms with Gasteiger partial charge in [0.25, 0.3) is 0 Å². The number of carbonyl (C=O) groups is 2. The van der Waals surface area contributed by atoms with Crippen LogP contribution in [0.5, 0.6) is 0 Å². The summed E-state index contributed by atoms with van der Waals surface area (Å²) in [5, 5.41) is 2.97. The van der Waals surface area contributed by atoms with Gasteiger partial charge in [0.2, 0.25) is 5.91 Å². The van der Waals surface area contributed by atoms with E-state index in [9.17, 15) is 9.59 Å². The summed E-state index contributed by atoms with van der Waals surface area (Å²) in [6.45, 7) is 4.44. The van der Waals surface area contributed by atoms with Crippen LogP contribution in [0.25, 0.3) is 0 Å². The molecule has 2 aliphatic rings. The normalized spacial score (nSPS) is 22.4. The van der Waals surface area contributed by atoms with Crippen LogP contribution >= 0.6 is 0 Å². The molecule has 6 heteroatoms. The van der Waals surface area contributed by atoms with Crippen molar-refractivity contribution in [2.75, 3.05) is 39.3 Å². The van der Waals surface area contributed by atoms with Crippen molar-refractivity contribution in [3.63, 3.8) is 0 Å². The highest BCUT2D eigenvalue weighted by molar-refractivity contribution is 5.80. The van der Waals surface area contributed by atoms with Crippen LogP contribution in [0.1, 0.15) is 38.5 Å². The molecule has 1 atom stereocenters. The first-order chi connectivity index (χ1) is 10.2. The van der Waals surface area contributed by atoms with Crippen LogP contribution in [0.2, 0.25) is 0 Å². The summed E-state index contributed by atoms with van der Waals surface area (Å²) in [4.78, 5) is 28.3. The van der Waals surface area contributed by atoms with E-state index in [1.165, 1.54) is 0 Å². The fraction of sp³-hybridized carbons (Fsp3) is 0.867. The van der Waals surface area contributed by atoms with Gasteiger partial charge in [0.05, 0.1) is 5.92 Å². The van der Waals surface area contributed by atoms with E-state index in [4.69, 9.17) is 5.73 Å². The largest absolute Gasteiger partial charge is 0.356 e. The summed E-state index contributed by atoms with van der Waals surface area (Å²) in [5.41, 5.74) is 5.44. The van der Waals surface area contributed by atoms with E-state index in [0.29, 0.717) is 19.6 Å². The first-order valence-corrected chi connectivity index (χ1v) is 8.24. The predicted octanol–water partition coefficient (Wildman–Crippen LogP) is 0.769. The summed E-state index contributed by atoms with van der Waals surface area (Å²) in [6.07, 6.45) is 5.86. The zero-order valence-electron chi connectivity index (χ0n) is 12.9. The Bertz CT molecular complexity index is 356. The fourth-order valence-corrected chi connectivity index (χ4v) is 3.10. The van der Waals surface area contributed by atoms with Gasteiger partial charge in [-0.05, 0) is 45.1 Å². The highest BCUT2D eigenvalue weighted by Crippen LogP contribution is 2.19. The van der Waals surface area contributed by atoms with Crippen LogP contribution in [-0.2, 0) is 4.79 Å². The van der Waals surface area contributed by atoms with Crippen molar-refractivity contribution in [1.29, 1.82) is 0 Å². The molecule has 2 rings (SSSR count). The number of nitrogens with zero attached hydrogens (tertiary/aromatic N) is 2. The molecule has 2 aliphatic heterocycles. The summed E-state index contributed by atoms with van der Waals surface area (Å²) in [6, 6.07) is 0.119. The molecule has 3 N–H and O–H groups in total. The van der Waals surface area contributed by atoms with Crippen LogP contribution in [0, 0.1) is 5.92 Å². The Kier molecular flexibility index (Phi) is 6.29. The molecule has 0 aromatic rings. The molecule has 120 valence electrons. The minimum absolute atomic E-state index is 0.0526. The second-order valence-corrected chi connectivity index (χ2v) is 6.05. The zero-order valence-corrected chi connectivity index (χ0v) is 12.9. The number of amides is 3. The number of urea groups is 1. The third-order valence-electron chi connectivity index (χ3n) is 4.37. The lowest BCUT2D eigenvalue weighted by Crippen LogP contribution is -2.49. The number of likely N-dealkylation sites (tertiary alicyclic amines) is 2. The van der Waals surface area contributed by atoms with Crippen molar-refractivity contribution >= 4 is 11.9 Å². The maximum Gasteiger partial charge on any atom is 0.320 e. The van der Waals surface area contributed by atoms with Crippen LogP contribution in [0.15, 0.2) is 0 Å². The lowest BCUT2D eigenvalue weighted by Gasteiger charge is -2.34. The molecule has 0 saturated carbocycles. The molecule has 2 fully saturated rings. The fourth-order valence-electron chi connectivity index (χ4n) is 3.10. The minimum atomic E-state index is -0.0526. The molecule has 3 amide bonds. The molecule has 2 heterocycles. The monoisotopic (exact) mass is 296 g/mol. The molecule has 0 aromatic heterocycles. The number of carbonyl (C=O) groups excluding carboxylic acids is 2. The second-order valence-electron chi connectivity index (χ2n) is 6.05. The number of nitrogens with one attached hydrogen (secondary N) is 1. The van der Waals surface area contributed by atoms with E-state index < -0.39 is 0 Å². The van der Waals surface area contributed by atoms with Crippen molar-refractivity contribution in [2.45, 2.75) is 38.5 Å². The van der Waals surface area contributed by atoms with Gasteiger partial charge in [-0.1, -0.05) is 0 Å². The smallest absolute Gasteiger partial charge is 0.320 e. The summed E-state index contributed by atoms with van der Waals surface area (Å²) >= 11 is 0. The molecule has 21 heavy (non-hydrogen) atoms. The number of hydrogen-bond acceptors (Lipinski definition) is 3. The standard InChI is InChI=1S/C15H28N4O2/c16-7-1-2-8-17-14(20)13-6-5-11-19(12-13)15(21)18-9-3-4-10-18/h13H,1-12,16H2,(H,17,20). The highest BCUT2D eigenvalue weighted by Gasteiger charge is 2.31. The molecule has 2 saturated heterocycles. The predicted molar refractivity (Wildman–Crippen MR) is 81.8 cm³/mol. The summed E-state index contributed by atoms with van der Waals surface area (Å²) in [5.74, 6) is 0.0362. The van der Waals surface area contributed by atoms with Crippen molar-refractivity contribution in [3.05, 3.63) is 0 Å². The van der Waals surface area contributed by atoms with E-state index in [1.54, 1.807) is 0 Å². The Morgan fingerprint density at radius 2 is 1.76 bits per heavy atom. The van der Waals surface area contributed by atoms with Crippen molar-refractivity contribution in [2.24, 2.45) is 11.7 Å². The van der Waals surface area contributed by atoms with Crippen LogP contribution < -0.4 is 11.1 Å². The average molecular weight is 296 g/mol. The van der Waals surface area contributed by atoms with Gasteiger partial charge in [-0.3, -0.25) is 4.79 Å². The third-order valence-corrected chi connectivity index (χ3v) is 4.37. The molecular weight excluding hydrogens is 268 g/mol. The molecule has 0 aliphatic carbocycles. The van der Waals surface area contributed by atoms with E-state index in [1.807, 2.05) is 9.80 Å². The number of piperidine rings is 1. The Morgan fingerprint density at radius 1 is 1.05 bits per heavy atom. The minimum Gasteiger partial charge on any atom is -0.356 e. The van der Waals surface area contributed by atoms with Crippen molar-refractivity contribution < 1.29 is 9.59 Å². The van der Waals surface area contributed by atoms with Gasteiger partial charge < -0.3 is 20.9 Å². The van der Waals surface area contributed by atoms with E-state index >= 15 is 0 Å². The second kappa shape index (κ2) is 8.22. The lowest BCUT2D eigenvalue weighted by atomic mass is 9.97. The van der Waals surface area contributed by atoms with Crippen molar-refractivity contribution in [3.8, 4) is 0 Å². The Labute approximate surface area is 127 Å². The highest BCUT2D eigenvalue weighted by atomic mass is 16.2. The molecule has 6 nitrogen and oxygen atoms in total. The van der Waals surface area contributed by atoms with Gasteiger partial charge >= 0.3 is 6.03 Å². The topological polar surface area (TPSA) is 78.7 Å². The van der Waals surface area contributed by atoms with E-state index in [-0.39, 0.29) is 17.9 Å². The molecule has 0 bridgehead atoms. The molecule has 0 radical (unpaired) electrons. The Hall–Kier alpha value is -1.30. The van der Waals surface area contributed by atoms with Gasteiger partial charge in [0.1, 0.15) is 0 Å². The van der Waals surface area contributed by atoms with Crippen LogP contribution in [0.4, 0.5) is 4.79 Å². The van der Waals surface area contributed by atoms with Gasteiger partial charge in [-0.2, -0.15) is 0 Å². The Balaban J connectivity index is 1.76. The lowest BCUT2D eigenvalue weighted by molar-refractivity contribution is -0.126.